The topological polar surface area (TPSA) is 95.5 Å². The summed E-state index contributed by atoms with van der Waals surface area (Å²) in [5.41, 5.74) is -0.0509. The monoisotopic (exact) mass is 336 g/mol. The lowest BCUT2D eigenvalue weighted by Crippen LogP contribution is -2.51. The minimum Gasteiger partial charge on any atom is -0.481 e. The van der Waals surface area contributed by atoms with Gasteiger partial charge in [-0.15, -0.1) is 0 Å². The normalized spacial score (nSPS) is 17.0. The molecule has 0 saturated carbocycles. The molecule has 130 valence electrons. The Kier molecular flexibility index (Phi) is 5.21. The van der Waals surface area contributed by atoms with E-state index in [2.05, 4.69) is 10.6 Å². The van der Waals surface area contributed by atoms with Crippen LogP contribution in [0.15, 0.2) is 18.2 Å². The standard InChI is InChI=1S/C17H21FN2O4/c1-3-17(4-2,9-15(22)23)20-16(24)12-8-14(21)19-13-7-10(18)5-6-11(12)13/h5-7,12H,3-4,8-9H2,1-2H3,(H,19,21)(H,20,24)(H,22,23). The molecule has 0 aliphatic carbocycles. The first-order chi connectivity index (χ1) is 11.3. The molecule has 1 unspecified atom stereocenters. The highest BCUT2D eigenvalue weighted by atomic mass is 19.1. The highest BCUT2D eigenvalue weighted by Crippen LogP contribution is 2.34. The lowest BCUT2D eigenvalue weighted by molar-refractivity contribution is -0.139. The van der Waals surface area contributed by atoms with Crippen LogP contribution in [0.3, 0.4) is 0 Å². The van der Waals surface area contributed by atoms with Crippen molar-refractivity contribution >= 4 is 23.5 Å². The molecule has 0 saturated heterocycles. The highest BCUT2D eigenvalue weighted by Gasteiger charge is 2.36. The smallest absolute Gasteiger partial charge is 0.305 e. The van der Waals surface area contributed by atoms with E-state index in [0.717, 1.165) is 0 Å². The largest absolute Gasteiger partial charge is 0.481 e. The Morgan fingerprint density at radius 3 is 2.62 bits per heavy atom. The lowest BCUT2D eigenvalue weighted by atomic mass is 9.85. The predicted octanol–water partition coefficient (Wildman–Crippen LogP) is 2.40. The van der Waals surface area contributed by atoms with Gasteiger partial charge in [0.05, 0.1) is 12.3 Å². The van der Waals surface area contributed by atoms with Gasteiger partial charge in [0.1, 0.15) is 5.82 Å². The molecule has 1 aliphatic heterocycles. The quantitative estimate of drug-likeness (QED) is 0.743. The minimum absolute atomic E-state index is 0.0545. The van der Waals surface area contributed by atoms with E-state index in [1.165, 1.54) is 18.2 Å². The predicted molar refractivity (Wildman–Crippen MR) is 86.1 cm³/mol. The summed E-state index contributed by atoms with van der Waals surface area (Å²) in [6.07, 6.45) is 0.662. The third kappa shape index (κ3) is 3.72. The van der Waals surface area contributed by atoms with Gasteiger partial charge in [0.25, 0.3) is 0 Å². The van der Waals surface area contributed by atoms with Gasteiger partial charge in [-0.05, 0) is 30.5 Å². The first-order valence-corrected chi connectivity index (χ1v) is 7.93. The summed E-state index contributed by atoms with van der Waals surface area (Å²) in [6, 6.07) is 3.89. The van der Waals surface area contributed by atoms with Gasteiger partial charge in [-0.1, -0.05) is 19.9 Å². The summed E-state index contributed by atoms with van der Waals surface area (Å²) < 4.78 is 13.4. The number of carboxylic acids is 1. The number of carboxylic acid groups (broad SMARTS) is 1. The molecule has 0 spiro atoms. The fraction of sp³-hybridized carbons (Fsp3) is 0.471. The van der Waals surface area contributed by atoms with Crippen LogP contribution in [0.5, 0.6) is 0 Å². The van der Waals surface area contributed by atoms with Gasteiger partial charge in [0, 0.05) is 17.6 Å². The van der Waals surface area contributed by atoms with E-state index >= 15 is 0 Å². The van der Waals surface area contributed by atoms with E-state index in [1.807, 2.05) is 13.8 Å². The van der Waals surface area contributed by atoms with Crippen LogP contribution in [-0.2, 0) is 14.4 Å². The highest BCUT2D eigenvalue weighted by molar-refractivity contribution is 6.01. The summed E-state index contributed by atoms with van der Waals surface area (Å²) in [4.78, 5) is 35.7. The Morgan fingerprint density at radius 2 is 2.04 bits per heavy atom. The van der Waals surface area contributed by atoms with Crippen LogP contribution in [0, 0.1) is 5.82 Å². The van der Waals surface area contributed by atoms with E-state index < -0.39 is 29.2 Å². The van der Waals surface area contributed by atoms with E-state index in [1.54, 1.807) is 0 Å². The van der Waals surface area contributed by atoms with Gasteiger partial charge in [-0.25, -0.2) is 4.39 Å². The molecule has 0 bridgehead atoms. The number of aliphatic carboxylic acids is 1. The molecule has 1 atom stereocenters. The van der Waals surface area contributed by atoms with Crippen LogP contribution in [0.4, 0.5) is 10.1 Å². The summed E-state index contributed by atoms with van der Waals surface area (Å²) in [5.74, 6) is -3.05. The minimum atomic E-state index is -0.997. The molecular formula is C17H21FN2O4. The number of hydrogen-bond donors (Lipinski definition) is 3. The van der Waals surface area contributed by atoms with Gasteiger partial charge < -0.3 is 15.7 Å². The second-order valence-electron chi connectivity index (χ2n) is 6.08. The maximum absolute atomic E-state index is 13.4. The molecule has 0 fully saturated rings. The van der Waals surface area contributed by atoms with Crippen LogP contribution in [-0.4, -0.2) is 28.4 Å². The summed E-state index contributed by atoms with van der Waals surface area (Å²) in [6.45, 7) is 3.62. The number of nitrogens with one attached hydrogen (secondary N) is 2. The van der Waals surface area contributed by atoms with Crippen molar-refractivity contribution in [3.05, 3.63) is 29.6 Å². The zero-order chi connectivity index (χ0) is 17.9. The Labute approximate surface area is 139 Å². The average Bonchev–Trinajstić information content (AvgIpc) is 2.52. The van der Waals surface area contributed by atoms with Gasteiger partial charge in [0.2, 0.25) is 11.8 Å². The molecule has 1 heterocycles. The number of benzene rings is 1. The van der Waals surface area contributed by atoms with Crippen LogP contribution >= 0.6 is 0 Å². The molecule has 0 aromatic heterocycles. The van der Waals surface area contributed by atoms with Crippen molar-refractivity contribution in [1.82, 2.24) is 5.32 Å². The van der Waals surface area contributed by atoms with Crippen LogP contribution in [0.1, 0.15) is 51.0 Å². The van der Waals surface area contributed by atoms with E-state index in [4.69, 9.17) is 5.11 Å². The van der Waals surface area contributed by atoms with E-state index in [9.17, 15) is 18.8 Å². The van der Waals surface area contributed by atoms with Crippen LogP contribution < -0.4 is 10.6 Å². The molecule has 0 radical (unpaired) electrons. The molecule has 24 heavy (non-hydrogen) atoms. The van der Waals surface area contributed by atoms with Crippen molar-refractivity contribution in [3.63, 3.8) is 0 Å². The maximum Gasteiger partial charge on any atom is 0.305 e. The Hall–Kier alpha value is -2.44. The van der Waals surface area contributed by atoms with Gasteiger partial charge in [-0.3, -0.25) is 14.4 Å². The molecule has 3 N–H and O–H groups in total. The number of carbonyl (C=O) groups is 3. The fourth-order valence-electron chi connectivity index (χ4n) is 3.03. The molecule has 2 rings (SSSR count). The van der Waals surface area contributed by atoms with Crippen molar-refractivity contribution in [2.75, 3.05) is 5.32 Å². The zero-order valence-corrected chi connectivity index (χ0v) is 13.7. The van der Waals surface area contributed by atoms with Gasteiger partial charge in [-0.2, -0.15) is 0 Å². The van der Waals surface area contributed by atoms with Crippen LogP contribution in [0.2, 0.25) is 0 Å². The molecule has 1 aliphatic rings. The first kappa shape index (κ1) is 17.9. The number of rotatable bonds is 6. The Morgan fingerprint density at radius 1 is 1.38 bits per heavy atom. The fourth-order valence-corrected chi connectivity index (χ4v) is 3.03. The lowest BCUT2D eigenvalue weighted by Gasteiger charge is -2.34. The SMILES string of the molecule is CCC(CC)(CC(=O)O)NC(=O)C1CC(=O)Nc2cc(F)ccc21. The number of carbonyl (C=O) groups excluding carboxylic acids is 2. The number of hydrogen-bond acceptors (Lipinski definition) is 3. The first-order valence-electron chi connectivity index (χ1n) is 7.93. The molecule has 1 aromatic carbocycles. The molecule has 1 aromatic rings. The van der Waals surface area contributed by atoms with Crippen molar-refractivity contribution in [3.8, 4) is 0 Å². The number of fused-ring (bicyclic) bond motifs is 1. The molecule has 7 heteroatoms. The molecular weight excluding hydrogens is 315 g/mol. The average molecular weight is 336 g/mol. The summed E-state index contributed by atoms with van der Waals surface area (Å²) in [7, 11) is 0. The van der Waals surface area contributed by atoms with Gasteiger partial charge in [0.15, 0.2) is 0 Å². The van der Waals surface area contributed by atoms with Crippen LogP contribution in [0.25, 0.3) is 0 Å². The molecule has 6 nitrogen and oxygen atoms in total. The zero-order valence-electron chi connectivity index (χ0n) is 13.7. The second kappa shape index (κ2) is 6.98. The Balaban J connectivity index is 2.29. The third-order valence-corrected chi connectivity index (χ3v) is 4.60. The maximum atomic E-state index is 13.4. The Bertz CT molecular complexity index is 671. The van der Waals surface area contributed by atoms with Crippen molar-refractivity contribution < 1.29 is 23.9 Å². The van der Waals surface area contributed by atoms with E-state index in [-0.39, 0.29) is 24.4 Å². The molecule has 2 amide bonds. The van der Waals surface area contributed by atoms with Crippen molar-refractivity contribution in [2.24, 2.45) is 0 Å². The second-order valence-corrected chi connectivity index (χ2v) is 6.08. The third-order valence-electron chi connectivity index (χ3n) is 4.60. The summed E-state index contributed by atoms with van der Waals surface area (Å²) in [5, 5.41) is 14.5. The van der Waals surface area contributed by atoms with Crippen molar-refractivity contribution in [1.29, 1.82) is 0 Å². The number of halogens is 1. The number of anilines is 1. The van der Waals surface area contributed by atoms with Gasteiger partial charge >= 0.3 is 5.97 Å². The number of amides is 2. The van der Waals surface area contributed by atoms with Crippen molar-refractivity contribution in [2.45, 2.75) is 51.0 Å². The summed E-state index contributed by atoms with van der Waals surface area (Å²) >= 11 is 0. The van der Waals surface area contributed by atoms with E-state index in [0.29, 0.717) is 18.4 Å².